The number of benzene rings is 3. The number of aromatic hydroxyl groups is 1. The van der Waals surface area contributed by atoms with Gasteiger partial charge in [-0.3, -0.25) is 14.5 Å². The van der Waals surface area contributed by atoms with Crippen molar-refractivity contribution in [2.24, 2.45) is 0 Å². The van der Waals surface area contributed by atoms with Crippen LogP contribution < -0.4 is 9.64 Å². The highest BCUT2D eigenvalue weighted by Crippen LogP contribution is 2.45. The van der Waals surface area contributed by atoms with Gasteiger partial charge in [0, 0.05) is 5.69 Å². The van der Waals surface area contributed by atoms with E-state index in [1.54, 1.807) is 31.2 Å². The van der Waals surface area contributed by atoms with E-state index >= 15 is 0 Å². The lowest BCUT2D eigenvalue weighted by Gasteiger charge is -2.26. The Morgan fingerprint density at radius 3 is 2.12 bits per heavy atom. The fourth-order valence-electron chi connectivity index (χ4n) is 4.42. The van der Waals surface area contributed by atoms with E-state index in [9.17, 15) is 19.8 Å². The molecule has 1 aliphatic heterocycles. The zero-order valence-corrected chi connectivity index (χ0v) is 20.0. The van der Waals surface area contributed by atoms with Crippen molar-refractivity contribution < 1.29 is 24.5 Å². The topological polar surface area (TPSA) is 87.1 Å². The smallest absolute Gasteiger partial charge is 0.300 e. The molecule has 2 N–H and O–H groups in total. The van der Waals surface area contributed by atoms with Gasteiger partial charge >= 0.3 is 0 Å². The van der Waals surface area contributed by atoms with Gasteiger partial charge in [0.25, 0.3) is 11.7 Å². The van der Waals surface area contributed by atoms with Gasteiger partial charge in [0.2, 0.25) is 0 Å². The maximum atomic E-state index is 13.4. The van der Waals surface area contributed by atoms with Crippen molar-refractivity contribution in [3.05, 3.63) is 93.0 Å². The maximum Gasteiger partial charge on any atom is 0.300 e. The molecule has 3 aromatic carbocycles. The summed E-state index contributed by atoms with van der Waals surface area (Å²) < 4.78 is 5.40. The zero-order chi connectivity index (χ0) is 24.7. The number of ether oxygens (including phenoxy) is 1. The lowest BCUT2D eigenvalue weighted by Crippen LogP contribution is -2.29. The van der Waals surface area contributed by atoms with E-state index in [0.29, 0.717) is 11.3 Å². The number of aliphatic hydroxyl groups excluding tert-OH is 1. The SMILES string of the molecule is COc1c(Cl)cc(C)cc1/C(O)=C1\C(=O)C(=O)N(c2cc(C)cc(C)c2)C1c1ccc(O)cc1. The number of phenols is 1. The van der Waals surface area contributed by atoms with Crippen LogP contribution in [0.3, 0.4) is 0 Å². The van der Waals surface area contributed by atoms with Crippen LogP contribution in [-0.2, 0) is 9.59 Å². The van der Waals surface area contributed by atoms with E-state index in [4.69, 9.17) is 16.3 Å². The largest absolute Gasteiger partial charge is 0.508 e. The number of phenolic OH excluding ortho intramolecular Hbond substituents is 1. The van der Waals surface area contributed by atoms with E-state index in [1.807, 2.05) is 32.0 Å². The normalized spacial score (nSPS) is 17.3. The molecule has 1 atom stereocenters. The number of amides is 1. The van der Waals surface area contributed by atoms with Gasteiger partial charge in [-0.05, 0) is 79.4 Å². The van der Waals surface area contributed by atoms with Gasteiger partial charge in [-0.2, -0.15) is 0 Å². The Balaban J connectivity index is 2.02. The Morgan fingerprint density at radius 2 is 1.53 bits per heavy atom. The second kappa shape index (κ2) is 8.88. The minimum Gasteiger partial charge on any atom is -0.508 e. The first-order valence-corrected chi connectivity index (χ1v) is 11.0. The van der Waals surface area contributed by atoms with Gasteiger partial charge < -0.3 is 14.9 Å². The van der Waals surface area contributed by atoms with Crippen molar-refractivity contribution in [3.8, 4) is 11.5 Å². The molecule has 0 aromatic heterocycles. The highest BCUT2D eigenvalue weighted by Gasteiger charge is 2.47. The second-order valence-electron chi connectivity index (χ2n) is 8.43. The fourth-order valence-corrected chi connectivity index (χ4v) is 4.77. The Hall–Kier alpha value is -3.77. The number of hydrogen-bond donors (Lipinski definition) is 2. The number of methoxy groups -OCH3 is 1. The molecule has 3 aromatic rings. The summed E-state index contributed by atoms with van der Waals surface area (Å²) in [5.74, 6) is -1.73. The predicted molar refractivity (Wildman–Crippen MR) is 132 cm³/mol. The van der Waals surface area contributed by atoms with Crippen molar-refractivity contribution in [2.75, 3.05) is 12.0 Å². The van der Waals surface area contributed by atoms with E-state index in [-0.39, 0.29) is 33.4 Å². The van der Waals surface area contributed by atoms with Gasteiger partial charge in [0.05, 0.1) is 29.3 Å². The minimum atomic E-state index is -0.925. The Bertz CT molecular complexity index is 1320. The van der Waals surface area contributed by atoms with Crippen LogP contribution in [0.1, 0.15) is 33.9 Å². The summed E-state index contributed by atoms with van der Waals surface area (Å²) in [7, 11) is 1.42. The number of anilines is 1. The van der Waals surface area contributed by atoms with E-state index < -0.39 is 17.7 Å². The summed E-state index contributed by atoms with van der Waals surface area (Å²) in [4.78, 5) is 28.1. The summed E-state index contributed by atoms with van der Waals surface area (Å²) in [6.45, 7) is 5.61. The third-order valence-electron chi connectivity index (χ3n) is 5.79. The number of Topliss-reactive ketones (excluding diaryl/α,β-unsaturated/α-hetero) is 1. The molecule has 0 bridgehead atoms. The summed E-state index contributed by atoms with van der Waals surface area (Å²) >= 11 is 6.33. The van der Waals surface area contributed by atoms with Gasteiger partial charge in [0.1, 0.15) is 17.3 Å². The number of rotatable bonds is 4. The molecule has 0 radical (unpaired) electrons. The van der Waals surface area contributed by atoms with Crippen LogP contribution in [0.25, 0.3) is 5.76 Å². The third kappa shape index (κ3) is 4.01. The summed E-state index contributed by atoms with van der Waals surface area (Å²) in [5, 5.41) is 21.5. The monoisotopic (exact) mass is 477 g/mol. The molecule has 1 fully saturated rings. The van der Waals surface area contributed by atoms with Gasteiger partial charge in [-0.1, -0.05) is 29.8 Å². The van der Waals surface area contributed by atoms with Crippen LogP contribution in [0, 0.1) is 20.8 Å². The number of aliphatic hydroxyl groups is 1. The Kier molecular flexibility index (Phi) is 6.11. The van der Waals surface area contributed by atoms with Crippen LogP contribution in [-0.4, -0.2) is 29.0 Å². The van der Waals surface area contributed by atoms with Gasteiger partial charge in [-0.15, -0.1) is 0 Å². The molecule has 1 amide bonds. The molecule has 4 rings (SSSR count). The molecule has 1 heterocycles. The van der Waals surface area contributed by atoms with Crippen LogP contribution in [0.4, 0.5) is 5.69 Å². The Labute approximate surface area is 202 Å². The molecule has 0 saturated carbocycles. The molecule has 34 heavy (non-hydrogen) atoms. The van der Waals surface area contributed by atoms with Crippen LogP contribution in [0.5, 0.6) is 11.5 Å². The van der Waals surface area contributed by atoms with Crippen LogP contribution >= 0.6 is 11.6 Å². The lowest BCUT2D eigenvalue weighted by molar-refractivity contribution is -0.132. The predicted octanol–water partition coefficient (Wildman–Crippen LogP) is 5.61. The summed E-state index contributed by atoms with van der Waals surface area (Å²) in [5.41, 5.74) is 3.81. The average molecular weight is 478 g/mol. The van der Waals surface area contributed by atoms with Crippen LogP contribution in [0.2, 0.25) is 5.02 Å². The molecule has 1 saturated heterocycles. The molecule has 0 aliphatic carbocycles. The number of nitrogens with zero attached hydrogens (tertiary/aromatic N) is 1. The third-order valence-corrected chi connectivity index (χ3v) is 6.07. The summed E-state index contributed by atoms with van der Waals surface area (Å²) in [6.07, 6.45) is 0. The lowest BCUT2D eigenvalue weighted by atomic mass is 9.94. The molecule has 7 heteroatoms. The van der Waals surface area contributed by atoms with Crippen molar-refractivity contribution in [3.63, 3.8) is 0 Å². The average Bonchev–Trinajstić information content (AvgIpc) is 3.03. The van der Waals surface area contributed by atoms with Crippen molar-refractivity contribution in [2.45, 2.75) is 26.8 Å². The number of aryl methyl sites for hydroxylation is 3. The molecule has 1 aliphatic rings. The molecular formula is C27H24ClNO5. The summed E-state index contributed by atoms with van der Waals surface area (Å²) in [6, 6.07) is 14.2. The quantitative estimate of drug-likeness (QED) is 0.290. The molecule has 1 unspecified atom stereocenters. The van der Waals surface area contributed by atoms with Gasteiger partial charge in [-0.25, -0.2) is 0 Å². The highest BCUT2D eigenvalue weighted by atomic mass is 35.5. The maximum absolute atomic E-state index is 13.4. The van der Waals surface area contributed by atoms with Crippen LogP contribution in [0.15, 0.2) is 60.2 Å². The minimum absolute atomic E-state index is 0.0410. The van der Waals surface area contributed by atoms with E-state index in [2.05, 4.69) is 0 Å². The first-order valence-electron chi connectivity index (χ1n) is 10.6. The molecule has 174 valence electrons. The molecule has 6 nitrogen and oxygen atoms in total. The van der Waals surface area contributed by atoms with E-state index in [1.165, 1.54) is 24.1 Å². The number of hydrogen-bond acceptors (Lipinski definition) is 5. The fraction of sp³-hybridized carbons (Fsp3) is 0.185. The van der Waals surface area contributed by atoms with E-state index in [0.717, 1.165) is 16.7 Å². The zero-order valence-electron chi connectivity index (χ0n) is 19.2. The van der Waals surface area contributed by atoms with Gasteiger partial charge in [0.15, 0.2) is 0 Å². The number of ketones is 1. The Morgan fingerprint density at radius 1 is 0.941 bits per heavy atom. The van der Waals surface area contributed by atoms with Crippen molar-refractivity contribution in [1.29, 1.82) is 0 Å². The number of carbonyl (C=O) groups excluding carboxylic acids is 2. The molecule has 0 spiro atoms. The number of halogens is 1. The second-order valence-corrected chi connectivity index (χ2v) is 8.84. The standard InChI is InChI=1S/C27H24ClNO5/c1-14-9-15(2)11-18(10-14)29-23(17-5-7-19(30)8-6-17)22(25(32)27(29)33)24(31)20-12-16(3)13-21(28)26(20)34-4/h5-13,23,30-31H,1-4H3/b24-22+. The van der Waals surface area contributed by atoms with Crippen molar-refractivity contribution in [1.82, 2.24) is 0 Å². The molecular weight excluding hydrogens is 454 g/mol. The first kappa shape index (κ1) is 23.4. The highest BCUT2D eigenvalue weighted by molar-refractivity contribution is 6.51. The van der Waals surface area contributed by atoms with Crippen molar-refractivity contribution >= 4 is 34.7 Å². The first-order chi connectivity index (χ1) is 16.1. The number of carbonyl (C=O) groups is 2.